The lowest BCUT2D eigenvalue weighted by atomic mass is 10.1. The van der Waals surface area contributed by atoms with Gasteiger partial charge in [-0.2, -0.15) is 0 Å². The average Bonchev–Trinajstić information content (AvgIpc) is 3.41. The van der Waals surface area contributed by atoms with Gasteiger partial charge in [-0.3, -0.25) is 4.79 Å². The van der Waals surface area contributed by atoms with Gasteiger partial charge in [0.1, 0.15) is 11.3 Å². The van der Waals surface area contributed by atoms with Gasteiger partial charge < -0.3 is 9.88 Å². The predicted molar refractivity (Wildman–Crippen MR) is 141 cm³/mol. The number of thiazole rings is 1. The summed E-state index contributed by atoms with van der Waals surface area (Å²) in [5.41, 5.74) is 3.37. The largest absolute Gasteiger partial charge is 0.320 e. The standard InChI is InChI=1S/C24H18BrFN6OS2/c1-2-9-32-19-8-5-15(25)11-18(19)21-22(32)29-24(31-30-21)34-13-20(33)28-23-27-12-17(35-23)10-14-3-6-16(26)7-4-14/h2-8,11-12H,1,9-10,13H2,(H,27,28,33). The van der Waals surface area contributed by atoms with E-state index >= 15 is 0 Å². The molecule has 0 saturated carbocycles. The molecule has 0 aliphatic carbocycles. The van der Waals surface area contributed by atoms with Crippen molar-refractivity contribution >= 4 is 72.1 Å². The maximum Gasteiger partial charge on any atom is 0.236 e. The van der Waals surface area contributed by atoms with Crippen LogP contribution in [0.1, 0.15) is 10.4 Å². The van der Waals surface area contributed by atoms with Crippen LogP contribution in [0.2, 0.25) is 0 Å². The van der Waals surface area contributed by atoms with Crippen LogP contribution in [0, 0.1) is 5.82 Å². The molecule has 0 unspecified atom stereocenters. The van der Waals surface area contributed by atoms with Gasteiger partial charge >= 0.3 is 0 Å². The lowest BCUT2D eigenvalue weighted by molar-refractivity contribution is -0.113. The Kier molecular flexibility index (Phi) is 6.89. The average molecular weight is 569 g/mol. The first-order valence-corrected chi connectivity index (χ1v) is 13.1. The van der Waals surface area contributed by atoms with E-state index in [1.54, 1.807) is 18.3 Å². The van der Waals surface area contributed by atoms with E-state index in [0.29, 0.717) is 34.4 Å². The Bertz CT molecular complexity index is 1550. The molecule has 0 saturated heterocycles. The molecule has 1 N–H and O–H groups in total. The van der Waals surface area contributed by atoms with Crippen molar-refractivity contribution in [3.05, 3.63) is 82.0 Å². The van der Waals surface area contributed by atoms with Crippen LogP contribution >= 0.6 is 39.0 Å². The highest BCUT2D eigenvalue weighted by Gasteiger charge is 2.16. The summed E-state index contributed by atoms with van der Waals surface area (Å²) in [6, 6.07) is 12.3. The molecule has 0 fully saturated rings. The van der Waals surface area contributed by atoms with Crippen molar-refractivity contribution in [2.45, 2.75) is 18.1 Å². The first-order valence-electron chi connectivity index (χ1n) is 10.5. The summed E-state index contributed by atoms with van der Waals surface area (Å²) >= 11 is 6.10. The minimum atomic E-state index is -0.267. The molecule has 7 nitrogen and oxygen atoms in total. The fourth-order valence-electron chi connectivity index (χ4n) is 3.62. The second kappa shape index (κ2) is 10.2. The van der Waals surface area contributed by atoms with Crippen molar-refractivity contribution in [2.24, 2.45) is 0 Å². The van der Waals surface area contributed by atoms with Crippen LogP contribution in [0.15, 0.2) is 70.9 Å². The van der Waals surface area contributed by atoms with Gasteiger partial charge in [0.25, 0.3) is 0 Å². The number of allylic oxidation sites excluding steroid dienone is 1. The molecular formula is C24H18BrFN6OS2. The molecule has 3 aromatic heterocycles. The highest BCUT2D eigenvalue weighted by molar-refractivity contribution is 9.10. The van der Waals surface area contributed by atoms with E-state index in [2.05, 4.69) is 48.0 Å². The molecule has 11 heteroatoms. The zero-order chi connectivity index (χ0) is 24.4. The number of thioether (sulfide) groups is 1. The molecule has 1 amide bonds. The third-order valence-corrected chi connectivity index (χ3v) is 7.39. The van der Waals surface area contributed by atoms with Crippen molar-refractivity contribution < 1.29 is 9.18 Å². The number of halogens is 2. The van der Waals surface area contributed by atoms with Crippen molar-refractivity contribution in [2.75, 3.05) is 11.1 Å². The van der Waals surface area contributed by atoms with Crippen LogP contribution in [-0.4, -0.2) is 36.4 Å². The lowest BCUT2D eigenvalue weighted by Gasteiger charge is -2.04. The number of anilines is 1. The van der Waals surface area contributed by atoms with Crippen molar-refractivity contribution in [1.29, 1.82) is 0 Å². The van der Waals surface area contributed by atoms with E-state index in [9.17, 15) is 9.18 Å². The number of amides is 1. The monoisotopic (exact) mass is 568 g/mol. The molecule has 0 bridgehead atoms. The second-order valence-electron chi connectivity index (χ2n) is 7.60. The molecule has 5 rings (SSSR count). The molecule has 0 radical (unpaired) electrons. The smallest absolute Gasteiger partial charge is 0.236 e. The number of carbonyl (C=O) groups is 1. The van der Waals surface area contributed by atoms with E-state index in [1.807, 2.05) is 28.8 Å². The normalized spacial score (nSPS) is 11.3. The summed E-state index contributed by atoms with van der Waals surface area (Å²) in [6.45, 7) is 4.42. The van der Waals surface area contributed by atoms with Crippen LogP contribution in [-0.2, 0) is 17.8 Å². The summed E-state index contributed by atoms with van der Waals surface area (Å²) in [5.74, 6) is -0.359. The molecular weight excluding hydrogens is 551 g/mol. The molecule has 35 heavy (non-hydrogen) atoms. The van der Waals surface area contributed by atoms with Crippen LogP contribution in [0.5, 0.6) is 0 Å². The summed E-state index contributed by atoms with van der Waals surface area (Å²) in [6.07, 6.45) is 4.15. The van der Waals surface area contributed by atoms with Gasteiger partial charge in [-0.1, -0.05) is 45.9 Å². The third-order valence-electron chi connectivity index (χ3n) is 5.14. The lowest BCUT2D eigenvalue weighted by Crippen LogP contribution is -2.14. The van der Waals surface area contributed by atoms with Crippen molar-refractivity contribution in [1.82, 2.24) is 24.7 Å². The fourth-order valence-corrected chi connectivity index (χ4v) is 5.43. The Morgan fingerprint density at radius 3 is 2.86 bits per heavy atom. The zero-order valence-electron chi connectivity index (χ0n) is 18.2. The van der Waals surface area contributed by atoms with Gasteiger partial charge in [-0.05, 0) is 35.9 Å². The van der Waals surface area contributed by atoms with Crippen LogP contribution in [0.3, 0.4) is 0 Å². The Hall–Kier alpha value is -3.15. The van der Waals surface area contributed by atoms with Gasteiger partial charge in [-0.15, -0.1) is 28.1 Å². The first kappa shape index (κ1) is 23.6. The maximum absolute atomic E-state index is 13.1. The minimum Gasteiger partial charge on any atom is -0.320 e. The summed E-state index contributed by atoms with van der Waals surface area (Å²) in [7, 11) is 0. The number of carbonyl (C=O) groups excluding carboxylic acids is 1. The number of rotatable bonds is 8. The number of nitrogens with one attached hydrogen (secondary N) is 1. The van der Waals surface area contributed by atoms with Crippen LogP contribution in [0.4, 0.5) is 9.52 Å². The SMILES string of the molecule is C=CCn1c2ccc(Br)cc2c2nnc(SCC(=O)Nc3ncc(Cc4ccc(F)cc4)s3)nc21. The van der Waals surface area contributed by atoms with Crippen molar-refractivity contribution in [3.8, 4) is 0 Å². The molecule has 176 valence electrons. The second-order valence-corrected chi connectivity index (χ2v) is 10.6. The van der Waals surface area contributed by atoms with Gasteiger partial charge in [-0.25, -0.2) is 14.4 Å². The minimum absolute atomic E-state index is 0.118. The summed E-state index contributed by atoms with van der Waals surface area (Å²) < 4.78 is 16.1. The van der Waals surface area contributed by atoms with Crippen LogP contribution in [0.25, 0.3) is 22.1 Å². The third kappa shape index (κ3) is 5.26. The number of fused-ring (bicyclic) bond motifs is 3. The highest BCUT2D eigenvalue weighted by Crippen LogP contribution is 2.30. The predicted octanol–water partition coefficient (Wildman–Crippen LogP) is 5.85. The molecule has 0 aliphatic heterocycles. The highest BCUT2D eigenvalue weighted by atomic mass is 79.9. The molecule has 0 spiro atoms. The van der Waals surface area contributed by atoms with Crippen LogP contribution < -0.4 is 5.32 Å². The zero-order valence-corrected chi connectivity index (χ0v) is 21.5. The number of benzene rings is 2. The van der Waals surface area contributed by atoms with E-state index in [0.717, 1.165) is 25.8 Å². The topological polar surface area (TPSA) is 85.6 Å². The van der Waals surface area contributed by atoms with E-state index < -0.39 is 0 Å². The van der Waals surface area contributed by atoms with Crippen molar-refractivity contribution in [3.63, 3.8) is 0 Å². The van der Waals surface area contributed by atoms with Gasteiger partial charge in [0.2, 0.25) is 11.1 Å². The summed E-state index contributed by atoms with van der Waals surface area (Å²) in [4.78, 5) is 22.4. The molecule has 0 atom stereocenters. The number of hydrogen-bond donors (Lipinski definition) is 1. The number of aromatic nitrogens is 5. The molecule has 2 aromatic carbocycles. The summed E-state index contributed by atoms with van der Waals surface area (Å²) in [5, 5.41) is 13.3. The molecule has 3 heterocycles. The Labute approximate surface area is 216 Å². The van der Waals surface area contributed by atoms with Gasteiger partial charge in [0.05, 0.1) is 11.3 Å². The van der Waals surface area contributed by atoms with E-state index in [1.165, 1.54) is 35.2 Å². The van der Waals surface area contributed by atoms with E-state index in [-0.39, 0.29) is 17.5 Å². The fraction of sp³-hybridized carbons (Fsp3) is 0.125. The Morgan fingerprint density at radius 1 is 1.23 bits per heavy atom. The Balaban J connectivity index is 1.26. The first-order chi connectivity index (χ1) is 17.0. The number of hydrogen-bond acceptors (Lipinski definition) is 7. The van der Waals surface area contributed by atoms with Gasteiger partial charge in [0.15, 0.2) is 10.8 Å². The number of nitrogens with zero attached hydrogens (tertiary/aromatic N) is 5. The molecule has 0 aliphatic rings. The quantitative estimate of drug-likeness (QED) is 0.187. The van der Waals surface area contributed by atoms with E-state index in [4.69, 9.17) is 0 Å². The maximum atomic E-state index is 13.1. The molecule has 5 aromatic rings. The Morgan fingerprint density at radius 2 is 2.06 bits per heavy atom. The van der Waals surface area contributed by atoms with Gasteiger partial charge in [0, 0.05) is 33.9 Å².